The van der Waals surface area contributed by atoms with Gasteiger partial charge in [0.2, 0.25) is 17.8 Å². The number of hydrogen-bond acceptors (Lipinski definition) is 14. The third-order valence-electron chi connectivity index (χ3n) is 11.1. The molecule has 8 rings (SSSR count). The molecule has 0 saturated carbocycles. The van der Waals surface area contributed by atoms with Crippen molar-refractivity contribution < 1.29 is 38.2 Å². The van der Waals surface area contributed by atoms with Crippen LogP contribution >= 0.6 is 11.6 Å². The first-order chi connectivity index (χ1) is 28.4. The van der Waals surface area contributed by atoms with E-state index >= 15 is 0 Å². The van der Waals surface area contributed by atoms with Gasteiger partial charge in [-0.2, -0.15) is 4.98 Å². The Hall–Kier alpha value is -5.91. The second-order valence-electron chi connectivity index (χ2n) is 15.1. The summed E-state index contributed by atoms with van der Waals surface area (Å²) in [6.07, 6.45) is 4.13. The monoisotopic (exact) mass is 826 g/mol. The van der Waals surface area contributed by atoms with Crippen LogP contribution in [0.3, 0.4) is 0 Å². The number of ketones is 1. The van der Waals surface area contributed by atoms with Gasteiger partial charge in [0.1, 0.15) is 17.7 Å². The topological polar surface area (TPSA) is 195 Å². The lowest BCUT2D eigenvalue weighted by molar-refractivity contribution is -0.136. The van der Waals surface area contributed by atoms with E-state index in [4.69, 9.17) is 30.8 Å². The smallest absolute Gasteiger partial charge is 0.293 e. The fourth-order valence-electron chi connectivity index (χ4n) is 7.96. The SMILES string of the molecule is CC(=O)COc1cc2cc(Nc3nc(N4CCC(OCCOC5CCN(c6ccc7c(c6)C(=O)N(C6CCC(=O)NC6=O)C7=O)CC5)C4)ncc3Cl)ccc2n(C)c1=O. The van der Waals surface area contributed by atoms with Crippen molar-refractivity contribution in [1.29, 1.82) is 0 Å². The van der Waals surface area contributed by atoms with Crippen molar-refractivity contribution in [2.24, 2.45) is 7.05 Å². The van der Waals surface area contributed by atoms with E-state index in [2.05, 4.69) is 20.5 Å². The molecule has 4 aliphatic rings. The number of pyridine rings is 1. The van der Waals surface area contributed by atoms with Crippen LogP contribution in [0.4, 0.5) is 23.1 Å². The van der Waals surface area contributed by atoms with E-state index in [0.717, 1.165) is 35.2 Å². The average Bonchev–Trinajstić information content (AvgIpc) is 3.80. The Labute approximate surface area is 343 Å². The number of aryl methyl sites for hydroxylation is 1. The number of nitrogens with one attached hydrogen (secondary N) is 2. The number of rotatable bonds is 13. The number of imide groups is 2. The predicted octanol–water partition coefficient (Wildman–Crippen LogP) is 3.38. The molecule has 18 heteroatoms. The van der Waals surface area contributed by atoms with E-state index in [9.17, 15) is 28.8 Å². The highest BCUT2D eigenvalue weighted by Gasteiger charge is 2.45. The minimum absolute atomic E-state index is 0.0250. The molecule has 59 heavy (non-hydrogen) atoms. The molecule has 4 aromatic rings. The quantitative estimate of drug-likeness (QED) is 0.147. The summed E-state index contributed by atoms with van der Waals surface area (Å²) in [6.45, 7) is 4.81. The molecule has 3 saturated heterocycles. The van der Waals surface area contributed by atoms with Gasteiger partial charge >= 0.3 is 0 Å². The standard InChI is InChI=1S/C41H43ClN8O9/c1-23(51)22-59-34-18-24-17-25(3-6-32(24)47(2)40(34)56)44-36-31(42)20-43-41(46-36)49-14-11-28(21-49)58-16-15-57-27-9-12-48(13-10-27)26-4-5-29-30(19-26)39(55)50(38(29)54)33-7-8-35(52)45-37(33)53/h3-6,17-20,27-28,33H,7-16,21-22H2,1-2H3,(H,43,44,46)(H,45,52,53). The normalized spacial score (nSPS) is 19.7. The molecule has 2 aromatic carbocycles. The Balaban J connectivity index is 0.793. The number of anilines is 4. The molecule has 0 bridgehead atoms. The lowest BCUT2D eigenvalue weighted by Crippen LogP contribution is -2.54. The van der Waals surface area contributed by atoms with Crippen LogP contribution in [0.15, 0.2) is 53.5 Å². The molecule has 2 N–H and O–H groups in total. The van der Waals surface area contributed by atoms with Crippen molar-refractivity contribution in [3.05, 3.63) is 75.2 Å². The molecule has 2 aromatic heterocycles. The van der Waals surface area contributed by atoms with E-state index in [-0.39, 0.29) is 59.9 Å². The van der Waals surface area contributed by atoms with Gasteiger partial charge in [-0.3, -0.25) is 39.0 Å². The summed E-state index contributed by atoms with van der Waals surface area (Å²) >= 11 is 6.51. The van der Waals surface area contributed by atoms with Gasteiger partial charge in [0.25, 0.3) is 17.4 Å². The number of halogens is 1. The first-order valence-electron chi connectivity index (χ1n) is 19.6. The Kier molecular flexibility index (Phi) is 11.3. The summed E-state index contributed by atoms with van der Waals surface area (Å²) in [4.78, 5) is 88.9. The van der Waals surface area contributed by atoms with Crippen LogP contribution in [0.5, 0.6) is 5.75 Å². The maximum absolute atomic E-state index is 13.3. The van der Waals surface area contributed by atoms with Crippen molar-refractivity contribution in [1.82, 2.24) is 24.8 Å². The molecular weight excluding hydrogens is 784 g/mol. The number of Topliss-reactive ketones (excluding diaryl/α,β-unsaturated/α-hetero) is 1. The summed E-state index contributed by atoms with van der Waals surface area (Å²) in [6, 6.07) is 11.3. The molecule has 4 aliphatic heterocycles. The molecule has 3 fully saturated rings. The van der Waals surface area contributed by atoms with Crippen molar-refractivity contribution in [2.45, 2.75) is 57.3 Å². The Morgan fingerprint density at radius 1 is 0.898 bits per heavy atom. The molecule has 2 atom stereocenters. The van der Waals surface area contributed by atoms with E-state index in [1.54, 1.807) is 31.4 Å². The van der Waals surface area contributed by atoms with Crippen LogP contribution in [0.2, 0.25) is 5.02 Å². The van der Waals surface area contributed by atoms with Gasteiger partial charge in [-0.05, 0) is 75.1 Å². The Morgan fingerprint density at radius 2 is 1.63 bits per heavy atom. The number of carbonyl (C=O) groups excluding carboxylic acids is 5. The molecule has 2 unspecified atom stereocenters. The highest BCUT2D eigenvalue weighted by Crippen LogP contribution is 2.33. The zero-order chi connectivity index (χ0) is 41.4. The molecule has 17 nitrogen and oxygen atoms in total. The number of nitrogens with zero attached hydrogens (tertiary/aromatic N) is 6. The number of amides is 4. The van der Waals surface area contributed by atoms with E-state index in [1.807, 2.05) is 29.2 Å². The van der Waals surface area contributed by atoms with E-state index in [1.165, 1.54) is 11.5 Å². The maximum Gasteiger partial charge on any atom is 0.293 e. The minimum Gasteiger partial charge on any atom is -0.480 e. The molecule has 308 valence electrons. The predicted molar refractivity (Wildman–Crippen MR) is 217 cm³/mol. The lowest BCUT2D eigenvalue weighted by atomic mass is 10.0. The van der Waals surface area contributed by atoms with Gasteiger partial charge in [0.05, 0.1) is 48.3 Å². The molecular formula is C41H43ClN8O9. The van der Waals surface area contributed by atoms with Crippen molar-refractivity contribution >= 4 is 75.1 Å². The molecule has 0 radical (unpaired) electrons. The molecule has 0 aliphatic carbocycles. The van der Waals surface area contributed by atoms with Crippen LogP contribution < -0.4 is 30.7 Å². The van der Waals surface area contributed by atoms with E-state index in [0.29, 0.717) is 67.4 Å². The summed E-state index contributed by atoms with van der Waals surface area (Å²) in [5.74, 6) is -1.23. The van der Waals surface area contributed by atoms with E-state index < -0.39 is 29.7 Å². The molecule has 4 amide bonds. The fraction of sp³-hybridized carbons (Fsp3) is 0.415. The summed E-state index contributed by atoms with van der Waals surface area (Å²) in [7, 11) is 1.65. The third kappa shape index (κ3) is 8.35. The van der Waals surface area contributed by atoms with Gasteiger partial charge < -0.3 is 33.9 Å². The lowest BCUT2D eigenvalue weighted by Gasteiger charge is -2.33. The molecule has 0 spiro atoms. The maximum atomic E-state index is 13.3. The Bertz CT molecular complexity index is 2420. The van der Waals surface area contributed by atoms with Gasteiger partial charge in [-0.15, -0.1) is 0 Å². The number of carbonyl (C=O) groups is 5. The number of aromatic nitrogens is 3. The zero-order valence-electron chi connectivity index (χ0n) is 32.6. The fourth-order valence-corrected chi connectivity index (χ4v) is 8.10. The minimum atomic E-state index is -0.996. The number of ether oxygens (including phenoxy) is 3. The molecule has 6 heterocycles. The summed E-state index contributed by atoms with van der Waals surface area (Å²) in [5.41, 5.74) is 2.40. The average molecular weight is 827 g/mol. The van der Waals surface area contributed by atoms with Gasteiger partial charge in [0, 0.05) is 56.4 Å². The largest absolute Gasteiger partial charge is 0.480 e. The first kappa shape index (κ1) is 39.9. The highest BCUT2D eigenvalue weighted by atomic mass is 35.5. The van der Waals surface area contributed by atoms with Gasteiger partial charge in [0.15, 0.2) is 17.4 Å². The Morgan fingerprint density at radius 3 is 2.39 bits per heavy atom. The van der Waals surface area contributed by atoms with Crippen molar-refractivity contribution in [3.63, 3.8) is 0 Å². The number of fused-ring (bicyclic) bond motifs is 2. The van der Waals surface area contributed by atoms with Crippen LogP contribution in [0.25, 0.3) is 10.9 Å². The van der Waals surface area contributed by atoms with Gasteiger partial charge in [-0.25, -0.2) is 4.98 Å². The zero-order valence-corrected chi connectivity index (χ0v) is 33.3. The van der Waals surface area contributed by atoms with Crippen LogP contribution in [-0.2, 0) is 30.9 Å². The highest BCUT2D eigenvalue weighted by molar-refractivity contribution is 6.33. The van der Waals surface area contributed by atoms with Crippen LogP contribution in [0.1, 0.15) is 59.7 Å². The van der Waals surface area contributed by atoms with Crippen LogP contribution in [-0.4, -0.2) is 113 Å². The summed E-state index contributed by atoms with van der Waals surface area (Å²) < 4.78 is 19.3. The van der Waals surface area contributed by atoms with Gasteiger partial charge in [-0.1, -0.05) is 11.6 Å². The van der Waals surface area contributed by atoms with Crippen LogP contribution in [0, 0.1) is 0 Å². The summed E-state index contributed by atoms with van der Waals surface area (Å²) in [5, 5.41) is 6.56. The third-order valence-corrected chi connectivity index (χ3v) is 11.3. The number of benzene rings is 2. The second kappa shape index (κ2) is 16.8. The number of piperidine rings is 2. The second-order valence-corrected chi connectivity index (χ2v) is 15.5. The van der Waals surface area contributed by atoms with Crippen molar-refractivity contribution in [2.75, 3.05) is 61.1 Å². The first-order valence-corrected chi connectivity index (χ1v) is 20.0. The van der Waals surface area contributed by atoms with Crippen molar-refractivity contribution in [3.8, 4) is 5.75 Å². The number of hydrogen-bond donors (Lipinski definition) is 2.